The van der Waals surface area contributed by atoms with Gasteiger partial charge in [-0.3, -0.25) is 4.79 Å². The van der Waals surface area contributed by atoms with E-state index in [-0.39, 0.29) is 5.91 Å². The number of carbonyl (C=O) groups is 1. The van der Waals surface area contributed by atoms with Crippen molar-refractivity contribution < 1.29 is 4.79 Å². The molecule has 0 aromatic heterocycles. The number of guanidine groups is 1. The molecule has 0 unspecified atom stereocenters. The first-order valence-corrected chi connectivity index (χ1v) is 6.00. The van der Waals surface area contributed by atoms with E-state index >= 15 is 0 Å². The van der Waals surface area contributed by atoms with Gasteiger partial charge in [-0.25, -0.2) is 0 Å². The van der Waals surface area contributed by atoms with Crippen LogP contribution in [0.25, 0.3) is 0 Å². The summed E-state index contributed by atoms with van der Waals surface area (Å²) in [5, 5.41) is 3.98. The third-order valence-corrected chi connectivity index (χ3v) is 3.53. The van der Waals surface area contributed by atoms with Crippen molar-refractivity contribution in [2.24, 2.45) is 4.99 Å². The van der Waals surface area contributed by atoms with Crippen LogP contribution in [0.4, 0.5) is 5.69 Å². The van der Waals surface area contributed by atoms with Crippen molar-refractivity contribution in [2.45, 2.75) is 19.9 Å². The molecule has 0 spiro atoms. The van der Waals surface area contributed by atoms with Crippen molar-refractivity contribution >= 4 is 29.2 Å². The lowest BCUT2D eigenvalue weighted by atomic mass is 10.0. The Hall–Kier alpha value is -1.55. The van der Waals surface area contributed by atoms with Crippen molar-refractivity contribution in [3.05, 3.63) is 28.3 Å². The summed E-state index contributed by atoms with van der Waals surface area (Å²) in [5.41, 5.74) is 3.33. The molecule has 3 rings (SSSR count). The molecule has 0 fully saturated rings. The van der Waals surface area contributed by atoms with Crippen LogP contribution in [-0.4, -0.2) is 23.3 Å². The minimum absolute atomic E-state index is 0.0931. The lowest BCUT2D eigenvalue weighted by molar-refractivity contribution is -0.117. The summed E-state index contributed by atoms with van der Waals surface area (Å²) in [5.74, 6) is 0.566. The van der Waals surface area contributed by atoms with Gasteiger partial charge in [-0.2, -0.15) is 4.99 Å². The molecule has 1 aromatic rings. The molecule has 2 heterocycles. The molecule has 0 aliphatic carbocycles. The molecule has 0 bridgehead atoms. The number of nitrogens with one attached hydrogen (secondary N) is 1. The summed E-state index contributed by atoms with van der Waals surface area (Å²) in [6.45, 7) is 3.15. The van der Waals surface area contributed by atoms with E-state index < -0.39 is 0 Å². The van der Waals surface area contributed by atoms with Crippen LogP contribution >= 0.6 is 11.6 Å². The van der Waals surface area contributed by atoms with Crippen molar-refractivity contribution in [1.82, 2.24) is 4.90 Å². The number of rotatable bonds is 1. The topological polar surface area (TPSA) is 44.7 Å². The maximum Gasteiger partial charge on any atom is 0.268 e. The van der Waals surface area contributed by atoms with E-state index in [1.165, 1.54) is 5.56 Å². The highest BCUT2D eigenvalue weighted by atomic mass is 35.5. The fraction of sp³-hybridized carbons (Fsp3) is 0.333. The summed E-state index contributed by atoms with van der Waals surface area (Å²) < 4.78 is 0. The SMILES string of the molecule is CCc1c(Cl)ccc2c1CN1CC(=O)N=C1N2. The second kappa shape index (κ2) is 3.74. The van der Waals surface area contributed by atoms with Gasteiger partial charge in [0.1, 0.15) is 6.54 Å². The minimum Gasteiger partial charge on any atom is -0.328 e. The first-order chi connectivity index (χ1) is 8.19. The zero-order chi connectivity index (χ0) is 12.0. The van der Waals surface area contributed by atoms with Gasteiger partial charge in [0.05, 0.1) is 0 Å². The zero-order valence-electron chi connectivity index (χ0n) is 9.46. The van der Waals surface area contributed by atoms with Gasteiger partial charge in [-0.15, -0.1) is 0 Å². The molecule has 1 amide bonds. The Morgan fingerprint density at radius 1 is 1.47 bits per heavy atom. The summed E-state index contributed by atoms with van der Waals surface area (Å²) in [6, 6.07) is 3.83. The molecule has 2 aliphatic heterocycles. The normalized spacial score (nSPS) is 17.4. The monoisotopic (exact) mass is 249 g/mol. The second-order valence-electron chi connectivity index (χ2n) is 4.22. The Kier molecular flexibility index (Phi) is 2.33. The number of nitrogens with zero attached hydrogens (tertiary/aromatic N) is 2. The quantitative estimate of drug-likeness (QED) is 0.828. The van der Waals surface area contributed by atoms with E-state index in [1.54, 1.807) is 0 Å². The van der Waals surface area contributed by atoms with Crippen LogP contribution in [0, 0.1) is 0 Å². The molecule has 88 valence electrons. The fourth-order valence-corrected chi connectivity index (χ4v) is 2.67. The molecule has 17 heavy (non-hydrogen) atoms. The van der Waals surface area contributed by atoms with Crippen molar-refractivity contribution in [3.8, 4) is 0 Å². The Morgan fingerprint density at radius 3 is 3.06 bits per heavy atom. The fourth-order valence-electron chi connectivity index (χ4n) is 2.36. The highest BCUT2D eigenvalue weighted by Crippen LogP contribution is 2.32. The summed E-state index contributed by atoms with van der Waals surface area (Å²) >= 11 is 6.19. The molecule has 0 saturated heterocycles. The minimum atomic E-state index is -0.0931. The number of fused-ring (bicyclic) bond motifs is 2. The first kappa shape index (κ1) is 10.6. The summed E-state index contributed by atoms with van der Waals surface area (Å²) in [7, 11) is 0. The smallest absolute Gasteiger partial charge is 0.268 e. The summed E-state index contributed by atoms with van der Waals surface area (Å²) in [6.07, 6.45) is 0.887. The van der Waals surface area contributed by atoms with E-state index in [0.717, 1.165) is 22.7 Å². The van der Waals surface area contributed by atoms with Crippen molar-refractivity contribution in [1.29, 1.82) is 0 Å². The lowest BCUT2D eigenvalue weighted by Crippen LogP contribution is -2.37. The van der Waals surface area contributed by atoms with E-state index in [0.29, 0.717) is 19.0 Å². The number of aliphatic imine (C=N–C) groups is 1. The maximum atomic E-state index is 11.3. The predicted octanol–water partition coefficient (Wildman–Crippen LogP) is 2.03. The van der Waals surface area contributed by atoms with Crippen LogP contribution in [0.3, 0.4) is 0 Å². The Labute approximate surface area is 104 Å². The molecular formula is C12H12ClN3O. The number of amides is 1. The molecule has 4 nitrogen and oxygen atoms in total. The second-order valence-corrected chi connectivity index (χ2v) is 4.62. The van der Waals surface area contributed by atoms with Crippen LogP contribution < -0.4 is 5.32 Å². The van der Waals surface area contributed by atoms with Gasteiger partial charge in [0.25, 0.3) is 5.91 Å². The average Bonchev–Trinajstić information content (AvgIpc) is 2.65. The number of hydrogen-bond acceptors (Lipinski definition) is 3. The number of halogens is 1. The highest BCUT2D eigenvalue weighted by Gasteiger charge is 2.29. The molecule has 1 aromatic carbocycles. The number of benzene rings is 1. The van der Waals surface area contributed by atoms with Crippen LogP contribution in [0.1, 0.15) is 18.1 Å². The Morgan fingerprint density at radius 2 is 2.29 bits per heavy atom. The van der Waals surface area contributed by atoms with E-state index in [1.807, 2.05) is 17.0 Å². The van der Waals surface area contributed by atoms with E-state index in [2.05, 4.69) is 17.2 Å². The largest absolute Gasteiger partial charge is 0.328 e. The third-order valence-electron chi connectivity index (χ3n) is 3.18. The molecule has 0 atom stereocenters. The molecule has 5 heteroatoms. The lowest BCUT2D eigenvalue weighted by Gasteiger charge is -2.29. The van der Waals surface area contributed by atoms with Crippen LogP contribution in [0.2, 0.25) is 5.02 Å². The van der Waals surface area contributed by atoms with Gasteiger partial charge in [0, 0.05) is 17.3 Å². The molecule has 2 aliphatic rings. The van der Waals surface area contributed by atoms with Crippen LogP contribution in [-0.2, 0) is 17.8 Å². The van der Waals surface area contributed by atoms with Gasteiger partial charge < -0.3 is 10.2 Å². The Balaban J connectivity index is 2.07. The predicted molar refractivity (Wildman–Crippen MR) is 67.3 cm³/mol. The van der Waals surface area contributed by atoms with Gasteiger partial charge in [-0.05, 0) is 29.7 Å². The van der Waals surface area contributed by atoms with Gasteiger partial charge in [0.2, 0.25) is 5.96 Å². The maximum absolute atomic E-state index is 11.3. The molecule has 0 radical (unpaired) electrons. The van der Waals surface area contributed by atoms with Crippen molar-refractivity contribution in [3.63, 3.8) is 0 Å². The Bertz CT molecular complexity index is 539. The third kappa shape index (κ3) is 1.60. The van der Waals surface area contributed by atoms with Crippen LogP contribution in [0.5, 0.6) is 0 Å². The number of carbonyl (C=O) groups excluding carboxylic acids is 1. The van der Waals surface area contributed by atoms with Gasteiger partial charge in [-0.1, -0.05) is 18.5 Å². The van der Waals surface area contributed by atoms with Gasteiger partial charge >= 0.3 is 0 Å². The van der Waals surface area contributed by atoms with E-state index in [4.69, 9.17) is 11.6 Å². The van der Waals surface area contributed by atoms with E-state index in [9.17, 15) is 4.79 Å². The van der Waals surface area contributed by atoms with Crippen molar-refractivity contribution in [2.75, 3.05) is 11.9 Å². The summed E-state index contributed by atoms with van der Waals surface area (Å²) in [4.78, 5) is 17.2. The standard InChI is InChI=1S/C12H12ClN3O/c1-2-7-8-5-16-6-11(17)15-12(16)14-10(8)4-3-9(7)13/h3-4H,2,5-6H2,1H3,(H,14,15,17). The molecular weight excluding hydrogens is 238 g/mol. The molecule has 0 saturated carbocycles. The van der Waals surface area contributed by atoms with Crippen LogP contribution in [0.15, 0.2) is 17.1 Å². The zero-order valence-corrected chi connectivity index (χ0v) is 10.2. The average molecular weight is 250 g/mol. The first-order valence-electron chi connectivity index (χ1n) is 5.62. The number of anilines is 1. The highest BCUT2D eigenvalue weighted by molar-refractivity contribution is 6.31. The molecule has 1 N–H and O–H groups in total. The number of hydrogen-bond donors (Lipinski definition) is 1. The van der Waals surface area contributed by atoms with Gasteiger partial charge in [0.15, 0.2) is 0 Å².